The molecule has 26 heavy (non-hydrogen) atoms. The molecule has 6 heteroatoms. The van der Waals surface area contributed by atoms with Crippen LogP contribution in [0.2, 0.25) is 0 Å². The maximum absolute atomic E-state index is 12.2. The number of phenolic OH excluding ortho intramolecular Hbond substituents is 1. The maximum Gasteiger partial charge on any atom is 0.237 e. The fourth-order valence-corrected chi connectivity index (χ4v) is 3.60. The molecule has 1 amide bonds. The molecular weight excluding hydrogens is 368 g/mol. The molecule has 142 valence electrons. The monoisotopic (exact) mass is 394 g/mol. The van der Waals surface area contributed by atoms with Gasteiger partial charge in [-0.3, -0.25) is 4.79 Å². The Bertz CT molecular complexity index is 687. The van der Waals surface area contributed by atoms with Crippen molar-refractivity contribution >= 4 is 30.1 Å². The van der Waals surface area contributed by atoms with Crippen LogP contribution < -0.4 is 11.1 Å². The summed E-state index contributed by atoms with van der Waals surface area (Å²) in [5.41, 5.74) is 9.00. The quantitative estimate of drug-likeness (QED) is 0.472. The second-order valence-electron chi connectivity index (χ2n) is 6.17. The summed E-state index contributed by atoms with van der Waals surface area (Å²) in [5.74, 6) is 1.07. The van der Waals surface area contributed by atoms with Crippen molar-refractivity contribution in [2.24, 2.45) is 5.73 Å². The van der Waals surface area contributed by atoms with Gasteiger partial charge in [0.1, 0.15) is 5.75 Å². The number of hydrogen-bond donors (Lipinski definition) is 3. The van der Waals surface area contributed by atoms with E-state index >= 15 is 0 Å². The predicted molar refractivity (Wildman–Crippen MR) is 111 cm³/mol. The van der Waals surface area contributed by atoms with E-state index in [2.05, 4.69) is 17.4 Å². The number of hydrogen-bond acceptors (Lipinski definition) is 4. The van der Waals surface area contributed by atoms with Crippen LogP contribution in [0.25, 0.3) is 0 Å². The standard InChI is InChI=1S/C20H26N2O2S.ClH/c1-14-11-16(23)12-15(2)18(14)13-19(21)20(24)22-9-6-10-25-17-7-4-3-5-8-17;/h3-5,7-8,11-12,19,23H,6,9-10,13,21H2,1-2H3,(H,22,24);1H. The number of aromatic hydroxyl groups is 1. The van der Waals surface area contributed by atoms with Crippen molar-refractivity contribution in [1.82, 2.24) is 5.32 Å². The molecule has 0 saturated carbocycles. The van der Waals surface area contributed by atoms with E-state index in [9.17, 15) is 9.90 Å². The second-order valence-corrected chi connectivity index (χ2v) is 7.34. The minimum atomic E-state index is -0.580. The number of benzene rings is 2. The highest BCUT2D eigenvalue weighted by Gasteiger charge is 2.16. The Balaban J connectivity index is 0.00000338. The lowest BCUT2D eigenvalue weighted by atomic mass is 9.96. The Hall–Kier alpha value is -1.69. The van der Waals surface area contributed by atoms with Gasteiger partial charge in [-0.2, -0.15) is 0 Å². The first-order valence-corrected chi connectivity index (χ1v) is 9.46. The molecule has 1 unspecified atom stereocenters. The Kier molecular flexibility index (Phi) is 9.55. The Morgan fingerprint density at radius 3 is 2.42 bits per heavy atom. The van der Waals surface area contributed by atoms with Crippen LogP contribution in [-0.2, 0) is 11.2 Å². The molecule has 0 spiro atoms. The van der Waals surface area contributed by atoms with E-state index in [1.54, 1.807) is 23.9 Å². The van der Waals surface area contributed by atoms with Gasteiger partial charge in [-0.25, -0.2) is 0 Å². The zero-order valence-electron chi connectivity index (χ0n) is 15.2. The molecule has 2 aromatic rings. The molecule has 0 saturated heterocycles. The predicted octanol–water partition coefficient (Wildman–Crippen LogP) is 3.60. The van der Waals surface area contributed by atoms with Crippen molar-refractivity contribution in [3.05, 3.63) is 59.2 Å². The number of aryl methyl sites for hydroxylation is 2. The largest absolute Gasteiger partial charge is 0.508 e. The van der Waals surface area contributed by atoms with Crippen LogP contribution in [0.5, 0.6) is 5.75 Å². The Morgan fingerprint density at radius 1 is 1.19 bits per heavy atom. The highest BCUT2D eigenvalue weighted by molar-refractivity contribution is 7.99. The summed E-state index contributed by atoms with van der Waals surface area (Å²) in [6.45, 7) is 4.47. The molecule has 4 nitrogen and oxygen atoms in total. The number of halogens is 1. The topological polar surface area (TPSA) is 75.3 Å². The number of nitrogens with two attached hydrogens (primary N) is 1. The van der Waals surface area contributed by atoms with E-state index in [0.29, 0.717) is 13.0 Å². The SMILES string of the molecule is Cc1cc(O)cc(C)c1CC(N)C(=O)NCCCSc1ccccc1.Cl. The highest BCUT2D eigenvalue weighted by Crippen LogP contribution is 2.22. The number of thioether (sulfide) groups is 1. The number of amides is 1. The molecule has 0 heterocycles. The van der Waals surface area contributed by atoms with E-state index in [1.165, 1.54) is 4.90 Å². The summed E-state index contributed by atoms with van der Waals surface area (Å²) in [6, 6.07) is 13.0. The summed E-state index contributed by atoms with van der Waals surface area (Å²) in [5, 5.41) is 12.5. The fourth-order valence-electron chi connectivity index (χ4n) is 2.73. The molecule has 0 bridgehead atoms. The lowest BCUT2D eigenvalue weighted by Gasteiger charge is -2.16. The lowest BCUT2D eigenvalue weighted by Crippen LogP contribution is -2.42. The number of phenols is 1. The van der Waals surface area contributed by atoms with Crippen molar-refractivity contribution in [2.75, 3.05) is 12.3 Å². The van der Waals surface area contributed by atoms with Gasteiger partial charge in [0.25, 0.3) is 0 Å². The molecule has 0 aromatic heterocycles. The summed E-state index contributed by atoms with van der Waals surface area (Å²) < 4.78 is 0. The zero-order chi connectivity index (χ0) is 18.2. The third-order valence-electron chi connectivity index (χ3n) is 4.07. The maximum atomic E-state index is 12.2. The normalized spacial score (nSPS) is 11.5. The first-order chi connectivity index (χ1) is 12.0. The van der Waals surface area contributed by atoms with E-state index in [-0.39, 0.29) is 24.1 Å². The number of carbonyl (C=O) groups is 1. The van der Waals surface area contributed by atoms with E-state index in [4.69, 9.17) is 5.73 Å². The number of carbonyl (C=O) groups excluding carboxylic acids is 1. The van der Waals surface area contributed by atoms with E-state index < -0.39 is 6.04 Å². The minimum Gasteiger partial charge on any atom is -0.508 e. The average Bonchev–Trinajstić information content (AvgIpc) is 2.58. The van der Waals surface area contributed by atoms with Crippen LogP contribution in [0.15, 0.2) is 47.4 Å². The summed E-state index contributed by atoms with van der Waals surface area (Å²) >= 11 is 1.78. The molecule has 2 aromatic carbocycles. The van der Waals surface area contributed by atoms with Crippen molar-refractivity contribution in [3.8, 4) is 5.75 Å². The van der Waals surface area contributed by atoms with E-state index in [0.717, 1.165) is 28.9 Å². The van der Waals surface area contributed by atoms with Crippen LogP contribution in [0.4, 0.5) is 0 Å². The van der Waals surface area contributed by atoms with Gasteiger partial charge in [0.15, 0.2) is 0 Å². The number of rotatable bonds is 8. The van der Waals surface area contributed by atoms with Crippen LogP contribution in [-0.4, -0.2) is 29.4 Å². The van der Waals surface area contributed by atoms with Gasteiger partial charge in [0, 0.05) is 11.4 Å². The lowest BCUT2D eigenvalue weighted by molar-refractivity contribution is -0.122. The molecule has 0 aliphatic carbocycles. The van der Waals surface area contributed by atoms with Crippen LogP contribution in [0.1, 0.15) is 23.1 Å². The smallest absolute Gasteiger partial charge is 0.237 e. The summed E-state index contributed by atoms with van der Waals surface area (Å²) in [7, 11) is 0. The van der Waals surface area contributed by atoms with Crippen molar-refractivity contribution in [2.45, 2.75) is 37.6 Å². The first kappa shape index (κ1) is 22.4. The van der Waals surface area contributed by atoms with Gasteiger partial charge in [0.2, 0.25) is 5.91 Å². The van der Waals surface area contributed by atoms with Crippen LogP contribution >= 0.6 is 24.2 Å². The van der Waals surface area contributed by atoms with Crippen LogP contribution in [0.3, 0.4) is 0 Å². The van der Waals surface area contributed by atoms with Crippen molar-refractivity contribution in [3.63, 3.8) is 0 Å². The van der Waals surface area contributed by atoms with Crippen molar-refractivity contribution in [1.29, 1.82) is 0 Å². The van der Waals surface area contributed by atoms with Gasteiger partial charge >= 0.3 is 0 Å². The van der Waals surface area contributed by atoms with Gasteiger partial charge in [-0.15, -0.1) is 24.2 Å². The number of nitrogens with one attached hydrogen (secondary N) is 1. The molecule has 0 fully saturated rings. The van der Waals surface area contributed by atoms with Gasteiger partial charge < -0.3 is 16.2 Å². The summed E-state index contributed by atoms with van der Waals surface area (Å²) in [6.07, 6.45) is 1.37. The highest BCUT2D eigenvalue weighted by atomic mass is 35.5. The Morgan fingerprint density at radius 2 is 1.81 bits per heavy atom. The molecule has 2 rings (SSSR count). The molecule has 0 radical (unpaired) electrons. The van der Waals surface area contributed by atoms with Gasteiger partial charge in [0.05, 0.1) is 6.04 Å². The average molecular weight is 395 g/mol. The van der Waals surface area contributed by atoms with Crippen LogP contribution in [0, 0.1) is 13.8 Å². The zero-order valence-corrected chi connectivity index (χ0v) is 16.8. The molecule has 4 N–H and O–H groups in total. The Labute approximate surface area is 166 Å². The first-order valence-electron chi connectivity index (χ1n) is 8.47. The van der Waals surface area contributed by atoms with E-state index in [1.807, 2.05) is 32.0 Å². The van der Waals surface area contributed by atoms with Gasteiger partial charge in [-0.05, 0) is 73.4 Å². The van der Waals surface area contributed by atoms with Gasteiger partial charge in [-0.1, -0.05) is 18.2 Å². The third-order valence-corrected chi connectivity index (χ3v) is 5.17. The summed E-state index contributed by atoms with van der Waals surface area (Å²) in [4.78, 5) is 13.4. The van der Waals surface area contributed by atoms with Crippen molar-refractivity contribution < 1.29 is 9.90 Å². The minimum absolute atomic E-state index is 0. The fraction of sp³-hybridized carbons (Fsp3) is 0.350. The molecule has 0 aliphatic heterocycles. The molecule has 0 aliphatic rings. The third kappa shape index (κ3) is 6.90. The second kappa shape index (κ2) is 11.1. The molecular formula is C20H27ClN2O2S. The molecule has 1 atom stereocenters.